The van der Waals surface area contributed by atoms with E-state index < -0.39 is 63.7 Å². The van der Waals surface area contributed by atoms with E-state index in [0.717, 1.165) is 29.0 Å². The highest BCUT2D eigenvalue weighted by Gasteiger charge is 2.80. The van der Waals surface area contributed by atoms with Gasteiger partial charge in [-0.25, -0.2) is 13.6 Å². The zero-order valence-corrected chi connectivity index (χ0v) is 36.4. The second-order valence-corrected chi connectivity index (χ2v) is 18.0. The van der Waals surface area contributed by atoms with Crippen LogP contribution in [0.4, 0.5) is 20.2 Å². The third-order valence-electron chi connectivity index (χ3n) is 15.2. The molecule has 8 rings (SSSR count). The molecule has 2 unspecified atom stereocenters. The lowest BCUT2D eigenvalue weighted by atomic mass is 9.47. The van der Waals surface area contributed by atoms with Crippen molar-refractivity contribution in [3.8, 4) is 5.75 Å². The largest absolute Gasteiger partial charge is 0.496 e. The number of fused-ring (bicyclic) bond motifs is 4. The van der Waals surface area contributed by atoms with E-state index in [1.165, 1.54) is 28.3 Å². The minimum absolute atomic E-state index is 0.0902. The molecule has 4 aliphatic heterocycles. The van der Waals surface area contributed by atoms with Gasteiger partial charge in [0.2, 0.25) is 11.5 Å². The molecular formula is C46H59F2N5O8. The molecule has 15 heteroatoms. The number of halogens is 2. The normalized spacial score (nSPS) is 32.4. The molecule has 0 amide bonds. The number of ether oxygens (including phenoxy) is 4. The monoisotopic (exact) mass is 847 g/mol. The number of alkyl halides is 2. The lowest BCUT2D eigenvalue weighted by Gasteiger charge is -2.63. The number of benzene rings is 2. The Kier molecular flexibility index (Phi) is 10.5. The van der Waals surface area contributed by atoms with Gasteiger partial charge >= 0.3 is 17.9 Å². The number of hydrogen-bond acceptors (Lipinski definition) is 12. The zero-order valence-electron chi connectivity index (χ0n) is 36.4. The predicted molar refractivity (Wildman–Crippen MR) is 226 cm³/mol. The maximum atomic E-state index is 15.5. The van der Waals surface area contributed by atoms with Crippen molar-refractivity contribution in [2.45, 2.75) is 107 Å². The Morgan fingerprint density at radius 1 is 1.03 bits per heavy atom. The topological polar surface area (TPSA) is 160 Å². The van der Waals surface area contributed by atoms with Gasteiger partial charge in [0, 0.05) is 96.0 Å². The summed E-state index contributed by atoms with van der Waals surface area (Å²) in [5, 5.41) is 14.1. The summed E-state index contributed by atoms with van der Waals surface area (Å²) in [5.74, 6) is -5.83. The minimum Gasteiger partial charge on any atom is -0.496 e. The van der Waals surface area contributed by atoms with Crippen molar-refractivity contribution in [3.05, 3.63) is 64.9 Å². The molecule has 1 saturated carbocycles. The van der Waals surface area contributed by atoms with Crippen LogP contribution >= 0.6 is 0 Å². The average molecular weight is 848 g/mol. The van der Waals surface area contributed by atoms with Gasteiger partial charge in [0.1, 0.15) is 11.2 Å². The van der Waals surface area contributed by atoms with Crippen LogP contribution in [-0.2, 0) is 46.0 Å². The number of H-pyrrole nitrogens is 1. The van der Waals surface area contributed by atoms with Crippen LogP contribution in [0.1, 0.15) is 82.2 Å². The highest BCUT2D eigenvalue weighted by molar-refractivity contribution is 5.95. The number of carbonyl (C=O) groups is 3. The van der Waals surface area contributed by atoms with Crippen LogP contribution < -0.4 is 15.4 Å². The predicted octanol–water partition coefficient (Wildman–Crippen LogP) is 5.44. The fourth-order valence-electron chi connectivity index (χ4n) is 12.7. The number of hydrogen-bond donors (Lipinski definition) is 3. The second kappa shape index (κ2) is 15.0. The molecule has 1 saturated heterocycles. The number of nitrogens with one attached hydrogen (secondary N) is 1. The maximum Gasteiger partial charge on any atom is 0.344 e. The van der Waals surface area contributed by atoms with E-state index in [4.69, 9.17) is 24.7 Å². The van der Waals surface area contributed by atoms with Crippen LogP contribution in [0.3, 0.4) is 0 Å². The van der Waals surface area contributed by atoms with Gasteiger partial charge in [-0.05, 0) is 81.1 Å². The molecule has 3 aromatic rings. The summed E-state index contributed by atoms with van der Waals surface area (Å²) in [5.41, 5.74) is 4.78. The van der Waals surface area contributed by atoms with Crippen LogP contribution in [-0.4, -0.2) is 122 Å². The van der Waals surface area contributed by atoms with E-state index in [1.54, 1.807) is 13.1 Å². The number of aliphatic hydroxyl groups is 1. The Hall–Kier alpha value is -4.73. The van der Waals surface area contributed by atoms with Crippen LogP contribution in [0.25, 0.3) is 10.9 Å². The van der Waals surface area contributed by atoms with Crippen molar-refractivity contribution in [3.63, 3.8) is 0 Å². The summed E-state index contributed by atoms with van der Waals surface area (Å²) >= 11 is 0. The fraction of sp³-hybridized carbons (Fsp3) is 0.587. The van der Waals surface area contributed by atoms with Crippen molar-refractivity contribution in [2.24, 2.45) is 11.3 Å². The minimum atomic E-state index is -2.99. The van der Waals surface area contributed by atoms with Gasteiger partial charge in [0.05, 0.1) is 27.4 Å². The molecule has 0 bridgehead atoms. The Morgan fingerprint density at radius 3 is 2.41 bits per heavy atom. The lowest BCUT2D eigenvalue weighted by Crippen LogP contribution is -2.81. The third kappa shape index (κ3) is 5.88. The number of anilines is 2. The molecule has 5 aliphatic rings. The molecule has 2 fully saturated rings. The van der Waals surface area contributed by atoms with Crippen molar-refractivity contribution in [1.29, 1.82) is 0 Å². The highest BCUT2D eigenvalue weighted by Crippen LogP contribution is 2.68. The van der Waals surface area contributed by atoms with Crippen LogP contribution in [0.5, 0.6) is 5.75 Å². The van der Waals surface area contributed by atoms with E-state index in [2.05, 4.69) is 9.88 Å². The number of aromatic nitrogens is 1. The summed E-state index contributed by atoms with van der Waals surface area (Å²) in [7, 11) is 5.87. The first kappa shape index (κ1) is 42.9. The van der Waals surface area contributed by atoms with Gasteiger partial charge < -0.3 is 39.7 Å². The first-order valence-corrected chi connectivity index (χ1v) is 21.4. The summed E-state index contributed by atoms with van der Waals surface area (Å²) in [4.78, 5) is 52.4. The first-order chi connectivity index (χ1) is 28.9. The van der Waals surface area contributed by atoms with Gasteiger partial charge in [0.15, 0.2) is 6.10 Å². The van der Waals surface area contributed by atoms with Gasteiger partial charge in [-0.3, -0.25) is 19.4 Å². The van der Waals surface area contributed by atoms with Gasteiger partial charge in [-0.1, -0.05) is 32.4 Å². The van der Waals surface area contributed by atoms with E-state index in [-0.39, 0.29) is 38.4 Å². The molecule has 1 aliphatic carbocycles. The Bertz CT molecular complexity index is 2290. The van der Waals surface area contributed by atoms with E-state index >= 15 is 13.6 Å². The Morgan fingerprint density at radius 2 is 1.77 bits per heavy atom. The van der Waals surface area contributed by atoms with E-state index in [0.29, 0.717) is 60.9 Å². The Balaban J connectivity index is 1.46. The molecule has 0 radical (unpaired) electrons. The summed E-state index contributed by atoms with van der Waals surface area (Å²) in [6.07, 6.45) is 4.06. The number of rotatable bonds is 8. The molecule has 13 nitrogen and oxygen atoms in total. The zero-order chi connectivity index (χ0) is 44.0. The lowest BCUT2D eigenvalue weighted by molar-refractivity contribution is -0.228. The van der Waals surface area contributed by atoms with Gasteiger partial charge in [-0.2, -0.15) is 0 Å². The highest BCUT2D eigenvalue weighted by atomic mass is 19.3. The van der Waals surface area contributed by atoms with Crippen molar-refractivity contribution in [1.82, 2.24) is 14.8 Å². The fourth-order valence-corrected chi connectivity index (χ4v) is 12.7. The summed E-state index contributed by atoms with van der Waals surface area (Å²) in [6, 6.07) is 7.93. The standard InChI is InChI=1S/C46H59F2N5O8/c1-9-43-16-12-19-53-20-18-45(37(43)53)31-22-32(35(58-6)23-34(31)51(5)38(45)46(57,41(56)60-8)39(43)61-26(3)54)44(40(55)59-7)17-11-13-27(42(4,47)48)24-52(10-2)25-30-29-21-28(49)14-15-33(29)50-36(30)44/h12,14-16,21-23,27,37-39,50,57H,9-11,13,17-20,24-25,49H2,1-8H3/t27?,37-,38+,39+,43?,44-,45+,46-/m0/s1. The van der Waals surface area contributed by atoms with Gasteiger partial charge in [0.25, 0.3) is 0 Å². The number of nitrogen functional groups attached to an aromatic ring is 1. The number of aromatic amines is 1. The van der Waals surface area contributed by atoms with Crippen molar-refractivity contribution >= 4 is 40.2 Å². The maximum absolute atomic E-state index is 15.5. The summed E-state index contributed by atoms with van der Waals surface area (Å²) in [6.45, 7) is 8.22. The first-order valence-electron chi connectivity index (χ1n) is 21.4. The van der Waals surface area contributed by atoms with Crippen molar-refractivity contribution in [2.75, 3.05) is 65.2 Å². The van der Waals surface area contributed by atoms with E-state index in [1.807, 2.05) is 60.1 Å². The SMILES string of the molecule is CCN1Cc2c([nH]c3ccc(N)cc23)[C@@](C(=O)OC)(c2cc3c(cc2OC)N(C)[C@H]2[C@@](O)(C(=O)OC)[C@H](OC(C)=O)C4(CC)C=CCN5CC[C@]32[C@@H]54)CCCC(C(C)(F)F)C1. The average Bonchev–Trinajstić information content (AvgIpc) is 3.88. The van der Waals surface area contributed by atoms with Crippen LogP contribution in [0, 0.1) is 11.3 Å². The number of nitrogens with zero attached hydrogens (tertiary/aromatic N) is 3. The number of likely N-dealkylation sites (N-methyl/N-ethyl adjacent to an activating group) is 1. The molecule has 1 aromatic heterocycles. The molecule has 61 heavy (non-hydrogen) atoms. The number of esters is 3. The summed E-state index contributed by atoms with van der Waals surface area (Å²) < 4.78 is 54.6. The molecule has 4 N–H and O–H groups in total. The smallest absolute Gasteiger partial charge is 0.344 e. The van der Waals surface area contributed by atoms with Crippen LogP contribution in [0.2, 0.25) is 0 Å². The Labute approximate surface area is 355 Å². The number of methoxy groups -OCH3 is 3. The molecule has 330 valence electrons. The number of carbonyl (C=O) groups excluding carboxylic acids is 3. The van der Waals surface area contributed by atoms with Crippen LogP contribution in [0.15, 0.2) is 42.5 Å². The van der Waals surface area contributed by atoms with Gasteiger partial charge in [-0.15, -0.1) is 0 Å². The molecular weight excluding hydrogens is 789 g/mol. The molecule has 2 aromatic carbocycles. The van der Waals surface area contributed by atoms with E-state index in [9.17, 15) is 14.7 Å². The molecule has 1 spiro atoms. The number of nitrogens with two attached hydrogens (primary N) is 1. The quantitative estimate of drug-likeness (QED) is 0.114. The van der Waals surface area contributed by atoms with Crippen molar-refractivity contribution < 1.29 is 47.2 Å². The third-order valence-corrected chi connectivity index (χ3v) is 15.2. The molecule has 5 heterocycles. The molecule has 8 atom stereocenters. The second-order valence-electron chi connectivity index (χ2n) is 18.0.